The van der Waals surface area contributed by atoms with Crippen LogP contribution in [0.15, 0.2) is 29.8 Å². The van der Waals surface area contributed by atoms with Crippen LogP contribution in [-0.2, 0) is 4.79 Å². The van der Waals surface area contributed by atoms with Crippen LogP contribution in [0, 0.1) is 6.92 Å². The molecule has 1 aliphatic rings. The van der Waals surface area contributed by atoms with Crippen molar-refractivity contribution >= 4 is 12.0 Å². The maximum atomic E-state index is 12.3. The summed E-state index contributed by atoms with van der Waals surface area (Å²) in [6.45, 7) is 5.20. The number of carbonyl (C=O) groups is 1. The summed E-state index contributed by atoms with van der Waals surface area (Å²) in [4.78, 5) is 14.1. The van der Waals surface area contributed by atoms with Gasteiger partial charge in [0, 0.05) is 18.7 Å². The zero-order valence-corrected chi connectivity index (χ0v) is 11.6. The molecule has 1 aromatic rings. The number of rotatable bonds is 2. The lowest BCUT2D eigenvalue weighted by Gasteiger charge is -2.29. The van der Waals surface area contributed by atoms with Crippen molar-refractivity contribution in [3.05, 3.63) is 41.0 Å². The summed E-state index contributed by atoms with van der Waals surface area (Å²) in [6.07, 6.45) is 3.05. The summed E-state index contributed by atoms with van der Waals surface area (Å²) in [6, 6.07) is 8.12. The van der Waals surface area contributed by atoms with Crippen LogP contribution in [0.2, 0.25) is 0 Å². The number of aliphatic hydroxyl groups is 1. The molecule has 1 aromatic carbocycles. The van der Waals surface area contributed by atoms with Crippen LogP contribution < -0.4 is 0 Å². The summed E-state index contributed by atoms with van der Waals surface area (Å²) < 4.78 is 0. The first-order valence-electron chi connectivity index (χ1n) is 6.78. The molecule has 3 heteroatoms. The molecule has 0 radical (unpaired) electrons. The van der Waals surface area contributed by atoms with Gasteiger partial charge in [-0.1, -0.05) is 29.8 Å². The van der Waals surface area contributed by atoms with Gasteiger partial charge in [0.05, 0.1) is 6.10 Å². The minimum absolute atomic E-state index is 0.0764. The van der Waals surface area contributed by atoms with E-state index < -0.39 is 0 Å². The first-order chi connectivity index (χ1) is 9.06. The molecule has 1 aliphatic heterocycles. The van der Waals surface area contributed by atoms with Crippen molar-refractivity contribution in [3.8, 4) is 0 Å². The van der Waals surface area contributed by atoms with Crippen LogP contribution in [0.1, 0.15) is 30.9 Å². The summed E-state index contributed by atoms with van der Waals surface area (Å²) in [5.41, 5.74) is 3.01. The normalized spacial score (nSPS) is 17.6. The quantitative estimate of drug-likeness (QED) is 0.828. The van der Waals surface area contributed by atoms with E-state index in [-0.39, 0.29) is 12.0 Å². The van der Waals surface area contributed by atoms with Crippen molar-refractivity contribution in [3.63, 3.8) is 0 Å². The van der Waals surface area contributed by atoms with Crippen molar-refractivity contribution in [2.45, 2.75) is 32.8 Å². The number of hydrogen-bond donors (Lipinski definition) is 1. The van der Waals surface area contributed by atoms with Gasteiger partial charge in [-0.3, -0.25) is 4.79 Å². The van der Waals surface area contributed by atoms with Crippen LogP contribution in [-0.4, -0.2) is 35.1 Å². The topological polar surface area (TPSA) is 40.5 Å². The number of amides is 1. The van der Waals surface area contributed by atoms with E-state index in [0.717, 1.165) is 11.1 Å². The van der Waals surface area contributed by atoms with E-state index in [9.17, 15) is 9.90 Å². The molecule has 0 aromatic heterocycles. The highest BCUT2D eigenvalue weighted by atomic mass is 16.3. The Labute approximate surface area is 114 Å². The van der Waals surface area contributed by atoms with E-state index in [0.29, 0.717) is 25.9 Å². The lowest BCUT2D eigenvalue weighted by atomic mass is 10.1. The number of nitrogens with zero attached hydrogens (tertiary/aromatic N) is 1. The third-order valence-corrected chi connectivity index (χ3v) is 3.55. The van der Waals surface area contributed by atoms with Gasteiger partial charge < -0.3 is 10.0 Å². The van der Waals surface area contributed by atoms with Crippen molar-refractivity contribution in [2.24, 2.45) is 0 Å². The van der Waals surface area contributed by atoms with Gasteiger partial charge in [-0.15, -0.1) is 0 Å². The first kappa shape index (κ1) is 13.8. The fourth-order valence-corrected chi connectivity index (χ4v) is 2.29. The van der Waals surface area contributed by atoms with Gasteiger partial charge in [-0.05, 0) is 38.3 Å². The third-order valence-electron chi connectivity index (χ3n) is 3.55. The van der Waals surface area contributed by atoms with Gasteiger partial charge in [0.15, 0.2) is 0 Å². The smallest absolute Gasteiger partial charge is 0.249 e. The van der Waals surface area contributed by atoms with Crippen LogP contribution in [0.3, 0.4) is 0 Å². The predicted molar refractivity (Wildman–Crippen MR) is 76.7 cm³/mol. The van der Waals surface area contributed by atoms with E-state index in [2.05, 4.69) is 0 Å². The van der Waals surface area contributed by atoms with Gasteiger partial charge in [-0.2, -0.15) is 0 Å². The van der Waals surface area contributed by atoms with E-state index >= 15 is 0 Å². The summed E-state index contributed by atoms with van der Waals surface area (Å²) >= 11 is 0. The van der Waals surface area contributed by atoms with Crippen molar-refractivity contribution in [1.29, 1.82) is 0 Å². The number of piperidine rings is 1. The monoisotopic (exact) mass is 259 g/mol. The van der Waals surface area contributed by atoms with E-state index in [1.165, 1.54) is 5.56 Å². The van der Waals surface area contributed by atoms with Gasteiger partial charge in [0.2, 0.25) is 5.91 Å². The fourth-order valence-electron chi connectivity index (χ4n) is 2.29. The predicted octanol–water partition coefficient (Wildman–Crippen LogP) is 2.38. The highest BCUT2D eigenvalue weighted by Crippen LogP contribution is 2.15. The highest BCUT2D eigenvalue weighted by molar-refractivity contribution is 5.97. The molecule has 0 unspecified atom stereocenters. The molecule has 1 fully saturated rings. The van der Waals surface area contributed by atoms with E-state index in [1.807, 2.05) is 49.1 Å². The Bertz CT molecular complexity index is 468. The molecule has 0 atom stereocenters. The SMILES string of the molecule is C/C(=C/c1ccc(C)cc1)C(=O)N1CCC(O)CC1. The van der Waals surface area contributed by atoms with Crippen LogP contribution >= 0.6 is 0 Å². The maximum absolute atomic E-state index is 12.3. The summed E-state index contributed by atoms with van der Waals surface area (Å²) in [5.74, 6) is 0.0764. The average molecular weight is 259 g/mol. The zero-order chi connectivity index (χ0) is 13.8. The largest absolute Gasteiger partial charge is 0.393 e. The summed E-state index contributed by atoms with van der Waals surface area (Å²) in [5, 5.41) is 9.46. The van der Waals surface area contributed by atoms with Crippen LogP contribution in [0.4, 0.5) is 0 Å². The zero-order valence-electron chi connectivity index (χ0n) is 11.6. The Morgan fingerprint density at radius 3 is 2.42 bits per heavy atom. The van der Waals surface area contributed by atoms with Gasteiger partial charge >= 0.3 is 0 Å². The number of aryl methyl sites for hydroxylation is 1. The minimum atomic E-state index is -0.245. The first-order valence-corrected chi connectivity index (χ1v) is 6.78. The van der Waals surface area contributed by atoms with Gasteiger partial charge in [-0.25, -0.2) is 0 Å². The molecule has 1 N–H and O–H groups in total. The second-order valence-electron chi connectivity index (χ2n) is 5.26. The minimum Gasteiger partial charge on any atom is -0.393 e. The molecule has 0 aliphatic carbocycles. The van der Waals surface area contributed by atoms with Crippen molar-refractivity contribution in [2.75, 3.05) is 13.1 Å². The lowest BCUT2D eigenvalue weighted by molar-refractivity contribution is -0.128. The Kier molecular flexibility index (Phi) is 4.38. The molecule has 3 nitrogen and oxygen atoms in total. The van der Waals surface area contributed by atoms with E-state index in [4.69, 9.17) is 0 Å². The molecule has 1 heterocycles. The molecule has 19 heavy (non-hydrogen) atoms. The second-order valence-corrected chi connectivity index (χ2v) is 5.26. The van der Waals surface area contributed by atoms with Crippen LogP contribution in [0.5, 0.6) is 0 Å². The summed E-state index contributed by atoms with van der Waals surface area (Å²) in [7, 11) is 0. The standard InChI is InChI=1S/C16H21NO2/c1-12-3-5-14(6-4-12)11-13(2)16(19)17-9-7-15(18)8-10-17/h3-6,11,15,18H,7-10H2,1-2H3/b13-11-. The molecular weight excluding hydrogens is 238 g/mol. The average Bonchev–Trinajstić information content (AvgIpc) is 2.41. The third kappa shape index (κ3) is 3.67. The number of hydrogen-bond acceptors (Lipinski definition) is 2. The number of carbonyl (C=O) groups excluding carboxylic acids is 1. The second kappa shape index (κ2) is 6.02. The molecule has 2 rings (SSSR count). The van der Waals surface area contributed by atoms with E-state index in [1.54, 1.807) is 0 Å². The Morgan fingerprint density at radius 2 is 1.84 bits per heavy atom. The van der Waals surface area contributed by atoms with Crippen LogP contribution in [0.25, 0.3) is 6.08 Å². The molecule has 0 saturated carbocycles. The Balaban J connectivity index is 2.04. The molecule has 1 saturated heterocycles. The number of benzene rings is 1. The lowest BCUT2D eigenvalue weighted by Crippen LogP contribution is -2.40. The van der Waals surface area contributed by atoms with Gasteiger partial charge in [0.1, 0.15) is 0 Å². The Morgan fingerprint density at radius 1 is 1.26 bits per heavy atom. The maximum Gasteiger partial charge on any atom is 0.249 e. The molecular formula is C16H21NO2. The highest BCUT2D eigenvalue weighted by Gasteiger charge is 2.21. The fraction of sp³-hybridized carbons (Fsp3) is 0.438. The van der Waals surface area contributed by atoms with Crippen molar-refractivity contribution < 1.29 is 9.90 Å². The molecule has 1 amide bonds. The Hall–Kier alpha value is -1.61. The number of aliphatic hydroxyl groups excluding tert-OH is 1. The van der Waals surface area contributed by atoms with Crippen molar-refractivity contribution in [1.82, 2.24) is 4.90 Å². The van der Waals surface area contributed by atoms with Gasteiger partial charge in [0.25, 0.3) is 0 Å². The molecule has 102 valence electrons. The molecule has 0 bridgehead atoms. The molecule has 0 spiro atoms. The number of likely N-dealkylation sites (tertiary alicyclic amines) is 1.